The minimum atomic E-state index is -0.249. The maximum Gasteiger partial charge on any atom is 0.274 e. The molecule has 2 N–H and O–H groups in total. The molecule has 2 rings (SSSR count). The number of nitrogens with zero attached hydrogens (tertiary/aromatic N) is 2. The van der Waals surface area contributed by atoms with E-state index in [0.29, 0.717) is 28.6 Å². The Hall–Kier alpha value is -2.41. The zero-order valence-corrected chi connectivity index (χ0v) is 13.1. The molecule has 118 valence electrons. The first kappa shape index (κ1) is 16.0. The quantitative estimate of drug-likeness (QED) is 0.841. The molecule has 1 aromatic heterocycles. The zero-order valence-electron chi connectivity index (χ0n) is 13.1. The maximum absolute atomic E-state index is 12.2. The largest absolute Gasteiger partial charge is 0.493 e. The van der Waals surface area contributed by atoms with Crippen molar-refractivity contribution < 1.29 is 9.47 Å². The Labute approximate surface area is 128 Å². The summed E-state index contributed by atoms with van der Waals surface area (Å²) in [6.45, 7) is 1.98. The van der Waals surface area contributed by atoms with E-state index < -0.39 is 0 Å². The first-order chi connectivity index (χ1) is 10.6. The number of ether oxygens (including phenoxy) is 2. The van der Waals surface area contributed by atoms with Gasteiger partial charge in [-0.15, -0.1) is 10.2 Å². The van der Waals surface area contributed by atoms with Crippen LogP contribution in [0, 0.1) is 0 Å². The van der Waals surface area contributed by atoms with Crippen molar-refractivity contribution in [1.82, 2.24) is 20.5 Å². The molecule has 0 radical (unpaired) electrons. The summed E-state index contributed by atoms with van der Waals surface area (Å²) in [4.78, 5) is 15.0. The van der Waals surface area contributed by atoms with Crippen LogP contribution in [-0.4, -0.2) is 36.4 Å². The Morgan fingerprint density at radius 1 is 1.23 bits per heavy atom. The molecule has 0 saturated carbocycles. The minimum Gasteiger partial charge on any atom is -0.493 e. The molecule has 1 unspecified atom stereocenters. The molecule has 0 aliphatic carbocycles. The molecule has 0 amide bonds. The van der Waals surface area contributed by atoms with Gasteiger partial charge in [-0.1, -0.05) is 6.92 Å². The standard InChI is InChI=1S/C15H20N4O3/c1-5-10(16-2)13-15(20)17-14(19-18-13)9-6-7-11(21-3)12(8-9)22-4/h6-8,10,16H,5H2,1-4H3,(H,17,19,20). The first-order valence-corrected chi connectivity index (χ1v) is 7.01. The Morgan fingerprint density at radius 3 is 2.50 bits per heavy atom. The molecule has 7 nitrogen and oxygen atoms in total. The van der Waals surface area contributed by atoms with Gasteiger partial charge in [-0.05, 0) is 31.7 Å². The predicted molar refractivity (Wildman–Crippen MR) is 83.3 cm³/mol. The highest BCUT2D eigenvalue weighted by atomic mass is 16.5. The van der Waals surface area contributed by atoms with E-state index >= 15 is 0 Å². The van der Waals surface area contributed by atoms with Crippen molar-refractivity contribution in [2.75, 3.05) is 21.3 Å². The van der Waals surface area contributed by atoms with E-state index in [2.05, 4.69) is 20.5 Å². The lowest BCUT2D eigenvalue weighted by Crippen LogP contribution is -2.27. The zero-order chi connectivity index (χ0) is 16.1. The third-order valence-electron chi connectivity index (χ3n) is 3.47. The van der Waals surface area contributed by atoms with Crippen molar-refractivity contribution in [2.45, 2.75) is 19.4 Å². The van der Waals surface area contributed by atoms with Gasteiger partial charge >= 0.3 is 0 Å². The second-order valence-corrected chi connectivity index (χ2v) is 4.71. The van der Waals surface area contributed by atoms with Crippen LogP contribution >= 0.6 is 0 Å². The molecule has 22 heavy (non-hydrogen) atoms. The van der Waals surface area contributed by atoms with Crippen LogP contribution in [0.2, 0.25) is 0 Å². The van der Waals surface area contributed by atoms with Gasteiger partial charge in [-0.3, -0.25) is 4.79 Å². The number of methoxy groups -OCH3 is 2. The van der Waals surface area contributed by atoms with Gasteiger partial charge in [-0.25, -0.2) is 0 Å². The third kappa shape index (κ3) is 3.09. The highest BCUT2D eigenvalue weighted by Gasteiger charge is 2.15. The highest BCUT2D eigenvalue weighted by Crippen LogP contribution is 2.30. The number of rotatable bonds is 6. The summed E-state index contributed by atoms with van der Waals surface area (Å²) < 4.78 is 10.4. The van der Waals surface area contributed by atoms with E-state index in [1.165, 1.54) is 0 Å². The number of hydrogen-bond acceptors (Lipinski definition) is 6. The number of benzene rings is 1. The van der Waals surface area contributed by atoms with Gasteiger partial charge in [0.1, 0.15) is 5.69 Å². The summed E-state index contributed by atoms with van der Waals surface area (Å²) in [5.41, 5.74) is 0.835. The lowest BCUT2D eigenvalue weighted by atomic mass is 10.1. The van der Waals surface area contributed by atoms with Crippen LogP contribution in [0.5, 0.6) is 11.5 Å². The summed E-state index contributed by atoms with van der Waals surface area (Å²) >= 11 is 0. The highest BCUT2D eigenvalue weighted by molar-refractivity contribution is 5.60. The van der Waals surface area contributed by atoms with Crippen molar-refractivity contribution >= 4 is 0 Å². The van der Waals surface area contributed by atoms with E-state index in [-0.39, 0.29) is 11.6 Å². The molecule has 0 aliphatic rings. The lowest BCUT2D eigenvalue weighted by Gasteiger charge is -2.12. The number of nitrogens with one attached hydrogen (secondary N) is 2. The summed E-state index contributed by atoms with van der Waals surface area (Å²) in [5.74, 6) is 1.56. The van der Waals surface area contributed by atoms with E-state index in [1.54, 1.807) is 39.5 Å². The lowest BCUT2D eigenvalue weighted by molar-refractivity contribution is 0.355. The summed E-state index contributed by atoms with van der Waals surface area (Å²) in [6.07, 6.45) is 0.754. The Morgan fingerprint density at radius 2 is 1.95 bits per heavy atom. The average Bonchev–Trinajstić information content (AvgIpc) is 2.56. The van der Waals surface area contributed by atoms with Crippen molar-refractivity contribution in [2.24, 2.45) is 0 Å². The molecule has 0 bridgehead atoms. The Balaban J connectivity index is 2.42. The monoisotopic (exact) mass is 304 g/mol. The minimum absolute atomic E-state index is 0.115. The second kappa shape index (κ2) is 7.04. The van der Waals surface area contributed by atoms with E-state index in [4.69, 9.17) is 9.47 Å². The van der Waals surface area contributed by atoms with Crippen LogP contribution in [0.25, 0.3) is 11.4 Å². The van der Waals surface area contributed by atoms with E-state index in [0.717, 1.165) is 6.42 Å². The average molecular weight is 304 g/mol. The van der Waals surface area contributed by atoms with Crippen molar-refractivity contribution in [1.29, 1.82) is 0 Å². The molecule has 7 heteroatoms. The van der Waals surface area contributed by atoms with Crippen molar-refractivity contribution in [3.05, 3.63) is 34.2 Å². The van der Waals surface area contributed by atoms with Gasteiger partial charge < -0.3 is 19.8 Å². The van der Waals surface area contributed by atoms with Crippen LogP contribution in [0.1, 0.15) is 25.1 Å². The van der Waals surface area contributed by atoms with Crippen LogP contribution in [0.15, 0.2) is 23.0 Å². The number of H-pyrrole nitrogens is 1. The maximum atomic E-state index is 12.2. The summed E-state index contributed by atoms with van der Waals surface area (Å²) in [5, 5.41) is 11.2. The molecule has 0 fully saturated rings. The smallest absolute Gasteiger partial charge is 0.274 e. The molecule has 1 aromatic carbocycles. The van der Waals surface area contributed by atoms with Gasteiger partial charge in [0, 0.05) is 5.56 Å². The Kier molecular flexibility index (Phi) is 5.11. The topological polar surface area (TPSA) is 89.1 Å². The SMILES string of the molecule is CCC(NC)c1nnc(-c2ccc(OC)c(OC)c2)[nH]c1=O. The molecule has 2 aromatic rings. The molecule has 0 spiro atoms. The van der Waals surface area contributed by atoms with E-state index in [9.17, 15) is 4.79 Å². The summed E-state index contributed by atoms with van der Waals surface area (Å²) in [7, 11) is 4.91. The summed E-state index contributed by atoms with van der Waals surface area (Å²) in [6, 6.07) is 5.17. The molecule has 1 atom stereocenters. The van der Waals surface area contributed by atoms with Gasteiger partial charge in [0.25, 0.3) is 5.56 Å². The van der Waals surface area contributed by atoms with Gasteiger partial charge in [-0.2, -0.15) is 0 Å². The Bertz CT molecular complexity index is 695. The molecule has 1 heterocycles. The van der Waals surface area contributed by atoms with Gasteiger partial charge in [0.15, 0.2) is 17.3 Å². The van der Waals surface area contributed by atoms with E-state index in [1.807, 2.05) is 6.92 Å². The molecule has 0 aliphatic heterocycles. The van der Waals surface area contributed by atoms with Crippen molar-refractivity contribution in [3.8, 4) is 22.9 Å². The number of hydrogen-bond donors (Lipinski definition) is 2. The first-order valence-electron chi connectivity index (χ1n) is 7.01. The van der Waals surface area contributed by atoms with Crippen molar-refractivity contribution in [3.63, 3.8) is 0 Å². The molecular weight excluding hydrogens is 284 g/mol. The third-order valence-corrected chi connectivity index (χ3v) is 3.47. The van der Waals surface area contributed by atoms with Crippen LogP contribution in [0.3, 0.4) is 0 Å². The normalized spacial score (nSPS) is 12.0. The fraction of sp³-hybridized carbons (Fsp3) is 0.400. The second-order valence-electron chi connectivity index (χ2n) is 4.71. The van der Waals surface area contributed by atoms with Gasteiger partial charge in [0.05, 0.1) is 20.3 Å². The fourth-order valence-corrected chi connectivity index (χ4v) is 2.22. The fourth-order valence-electron chi connectivity index (χ4n) is 2.22. The van der Waals surface area contributed by atoms with Crippen LogP contribution in [-0.2, 0) is 0 Å². The van der Waals surface area contributed by atoms with Crippen LogP contribution in [0.4, 0.5) is 0 Å². The molecule has 0 saturated heterocycles. The van der Waals surface area contributed by atoms with Crippen LogP contribution < -0.4 is 20.3 Å². The molecular formula is C15H20N4O3. The number of aromatic nitrogens is 3. The van der Waals surface area contributed by atoms with Gasteiger partial charge in [0.2, 0.25) is 0 Å². The predicted octanol–water partition coefficient (Wildman–Crippen LogP) is 1.52. The number of aromatic amines is 1.